The van der Waals surface area contributed by atoms with Crippen LogP contribution < -0.4 is 9.80 Å². The van der Waals surface area contributed by atoms with Gasteiger partial charge in [-0.25, -0.2) is 9.97 Å². The molecule has 151 valence electrons. The Morgan fingerprint density at radius 3 is 2.41 bits per heavy atom. The molecule has 1 aliphatic heterocycles. The summed E-state index contributed by atoms with van der Waals surface area (Å²) in [6, 6.07) is 21.7. The van der Waals surface area contributed by atoms with Crippen molar-refractivity contribution in [3.63, 3.8) is 0 Å². The molecular formula is C24H24IrN4-2. The molecule has 1 fully saturated rings. The number of anilines is 4. The van der Waals surface area contributed by atoms with Crippen molar-refractivity contribution in [3.05, 3.63) is 79.2 Å². The van der Waals surface area contributed by atoms with Crippen molar-refractivity contribution < 1.29 is 20.1 Å². The standard InChI is InChI=1S/C24H24N4.Ir/c1-24(15-9-4-10-16-24)21-17-25-22-23(26-21)28(20-13-7-3-8-14-20)18-27(22)19-11-5-2-6-12-19;/h2-3,5-8,11-13,17-18H,4,9-10,15-16H2,1H3;/q-2;. The number of fused-ring (bicyclic) bond motifs is 1. The Labute approximate surface area is 186 Å². The quantitative estimate of drug-likeness (QED) is 0.373. The molecule has 0 bridgehead atoms. The van der Waals surface area contributed by atoms with E-state index in [1.54, 1.807) is 0 Å². The molecule has 0 amide bonds. The second kappa shape index (κ2) is 8.25. The van der Waals surface area contributed by atoms with Crippen LogP contribution in [0.1, 0.15) is 44.7 Å². The molecule has 2 aliphatic rings. The maximum Gasteiger partial charge on any atom is 0.145 e. The predicted octanol–water partition coefficient (Wildman–Crippen LogP) is 5.91. The average Bonchev–Trinajstić information content (AvgIpc) is 3.14. The molecule has 4 nitrogen and oxygen atoms in total. The van der Waals surface area contributed by atoms with Crippen LogP contribution >= 0.6 is 0 Å². The van der Waals surface area contributed by atoms with Gasteiger partial charge in [-0.3, -0.25) is 0 Å². The first-order chi connectivity index (χ1) is 13.7. The summed E-state index contributed by atoms with van der Waals surface area (Å²) < 4.78 is 0. The molecule has 1 aromatic heterocycles. The van der Waals surface area contributed by atoms with Gasteiger partial charge in [-0.05, 0) is 25.0 Å². The van der Waals surface area contributed by atoms with Gasteiger partial charge in [0.05, 0.1) is 11.9 Å². The zero-order chi connectivity index (χ0) is 19.0. The Morgan fingerprint density at radius 2 is 1.69 bits per heavy atom. The predicted molar refractivity (Wildman–Crippen MR) is 113 cm³/mol. The summed E-state index contributed by atoms with van der Waals surface area (Å²) in [6.45, 7) is 4.41. The Hall–Kier alpha value is -2.23. The SMILES string of the molecule is CC1(c2cnc3c(n2)N(c2[c-]cccc2)[CH-]N3c2ccccc2)CCCCC1.[Ir]. The van der Waals surface area contributed by atoms with Gasteiger partial charge in [0.1, 0.15) is 11.6 Å². The van der Waals surface area contributed by atoms with E-state index in [1.807, 2.05) is 42.6 Å². The molecule has 0 atom stereocenters. The number of aromatic nitrogens is 2. The van der Waals surface area contributed by atoms with Crippen LogP contribution in [-0.2, 0) is 25.5 Å². The molecule has 2 heterocycles. The summed E-state index contributed by atoms with van der Waals surface area (Å²) in [7, 11) is 0. The van der Waals surface area contributed by atoms with Crippen LogP contribution in [0.4, 0.5) is 23.0 Å². The smallest absolute Gasteiger partial charge is 0.145 e. The minimum absolute atomic E-state index is 0. The van der Waals surface area contributed by atoms with Gasteiger partial charge in [0.2, 0.25) is 0 Å². The van der Waals surface area contributed by atoms with Gasteiger partial charge < -0.3 is 9.80 Å². The van der Waals surface area contributed by atoms with Crippen LogP contribution in [0.2, 0.25) is 0 Å². The number of rotatable bonds is 3. The summed E-state index contributed by atoms with van der Waals surface area (Å²) in [5, 5.41) is 0. The Kier molecular flexibility index (Phi) is 5.71. The van der Waals surface area contributed by atoms with Crippen molar-refractivity contribution >= 4 is 23.0 Å². The van der Waals surface area contributed by atoms with Crippen LogP contribution in [0.5, 0.6) is 0 Å². The zero-order valence-corrected chi connectivity index (χ0v) is 18.9. The van der Waals surface area contributed by atoms with Crippen molar-refractivity contribution in [1.82, 2.24) is 9.97 Å². The van der Waals surface area contributed by atoms with E-state index in [0.717, 1.165) is 28.7 Å². The van der Waals surface area contributed by atoms with Crippen LogP contribution in [0.15, 0.2) is 60.8 Å². The number of para-hydroxylation sites is 2. The number of benzene rings is 2. The zero-order valence-electron chi connectivity index (χ0n) is 16.5. The molecule has 5 heteroatoms. The maximum absolute atomic E-state index is 5.15. The fraction of sp³-hybridized carbons (Fsp3) is 0.292. The minimum atomic E-state index is 0. The Morgan fingerprint density at radius 1 is 0.931 bits per heavy atom. The first kappa shape index (κ1) is 20.1. The van der Waals surface area contributed by atoms with E-state index in [2.05, 4.69) is 47.7 Å². The van der Waals surface area contributed by atoms with E-state index in [0.29, 0.717) is 0 Å². The van der Waals surface area contributed by atoms with Crippen molar-refractivity contribution in [2.45, 2.75) is 44.4 Å². The first-order valence-electron chi connectivity index (χ1n) is 10.1. The Bertz CT molecular complexity index is 955. The van der Waals surface area contributed by atoms with Gasteiger partial charge in [0, 0.05) is 31.2 Å². The van der Waals surface area contributed by atoms with Crippen molar-refractivity contribution in [1.29, 1.82) is 0 Å². The van der Waals surface area contributed by atoms with E-state index in [-0.39, 0.29) is 25.5 Å². The second-order valence-corrected chi connectivity index (χ2v) is 7.96. The molecule has 0 N–H and O–H groups in total. The molecule has 29 heavy (non-hydrogen) atoms. The fourth-order valence-electron chi connectivity index (χ4n) is 4.30. The topological polar surface area (TPSA) is 32.3 Å². The monoisotopic (exact) mass is 561 g/mol. The molecular weight excluding hydrogens is 537 g/mol. The van der Waals surface area contributed by atoms with Crippen LogP contribution in [0.25, 0.3) is 0 Å². The van der Waals surface area contributed by atoms with E-state index < -0.39 is 0 Å². The average molecular weight is 561 g/mol. The normalized spacial score (nSPS) is 17.6. The van der Waals surface area contributed by atoms with Gasteiger partial charge in [-0.1, -0.05) is 44.4 Å². The largest absolute Gasteiger partial charge is 0.477 e. The summed E-state index contributed by atoms with van der Waals surface area (Å²) in [6.07, 6.45) is 8.23. The Balaban J connectivity index is 0.00000205. The van der Waals surface area contributed by atoms with Gasteiger partial charge in [-0.15, -0.1) is 12.4 Å². The summed E-state index contributed by atoms with van der Waals surface area (Å²) >= 11 is 0. The molecule has 5 rings (SSSR count). The van der Waals surface area contributed by atoms with Crippen molar-refractivity contribution in [3.8, 4) is 0 Å². The maximum atomic E-state index is 5.15. The van der Waals surface area contributed by atoms with E-state index >= 15 is 0 Å². The molecule has 0 unspecified atom stereocenters. The molecule has 2 aromatic carbocycles. The van der Waals surface area contributed by atoms with Gasteiger partial charge in [0.15, 0.2) is 0 Å². The summed E-state index contributed by atoms with van der Waals surface area (Å²) in [4.78, 5) is 14.3. The third kappa shape index (κ3) is 3.70. The second-order valence-electron chi connectivity index (χ2n) is 7.96. The minimum Gasteiger partial charge on any atom is -0.477 e. The van der Waals surface area contributed by atoms with Crippen molar-refractivity contribution in [2.75, 3.05) is 9.80 Å². The number of hydrogen-bond donors (Lipinski definition) is 0. The van der Waals surface area contributed by atoms with Crippen LogP contribution in [0, 0.1) is 12.7 Å². The molecule has 3 aromatic rings. The number of nitrogens with zero attached hydrogens (tertiary/aromatic N) is 4. The van der Waals surface area contributed by atoms with E-state index in [4.69, 9.17) is 9.97 Å². The molecule has 1 aliphatic carbocycles. The molecule has 1 saturated carbocycles. The van der Waals surface area contributed by atoms with Crippen LogP contribution in [-0.4, -0.2) is 9.97 Å². The van der Waals surface area contributed by atoms with E-state index in [1.165, 1.54) is 32.1 Å². The summed E-state index contributed by atoms with van der Waals surface area (Å²) in [5.41, 5.74) is 3.28. The first-order valence-corrected chi connectivity index (χ1v) is 10.1. The number of hydrogen-bond acceptors (Lipinski definition) is 4. The van der Waals surface area contributed by atoms with Crippen LogP contribution in [0.3, 0.4) is 0 Å². The van der Waals surface area contributed by atoms with Gasteiger partial charge in [-0.2, -0.15) is 30.3 Å². The van der Waals surface area contributed by atoms with Gasteiger partial charge in [0.25, 0.3) is 0 Å². The molecule has 0 saturated heterocycles. The fourth-order valence-corrected chi connectivity index (χ4v) is 4.30. The van der Waals surface area contributed by atoms with Crippen molar-refractivity contribution in [2.24, 2.45) is 0 Å². The third-order valence-electron chi connectivity index (χ3n) is 5.98. The summed E-state index contributed by atoms with van der Waals surface area (Å²) in [5.74, 6) is 1.75. The third-order valence-corrected chi connectivity index (χ3v) is 5.98. The van der Waals surface area contributed by atoms with Gasteiger partial charge >= 0.3 is 0 Å². The molecule has 1 radical (unpaired) electrons. The van der Waals surface area contributed by atoms with E-state index in [9.17, 15) is 0 Å². The molecule has 0 spiro atoms.